The SMILES string of the molecule is CC1(C)C(/C=C/C=C/C=C2/Nc3ccc4cc(S(=O)(=O)O)cc(O)c4c3C2(C)C)=Nc2ccc3cc(S(=O)(=O)O)ccc3c21. The second kappa shape index (κ2) is 9.86. The Balaban J connectivity index is 1.26. The van der Waals surface area contributed by atoms with Crippen LogP contribution < -0.4 is 5.32 Å². The van der Waals surface area contributed by atoms with Crippen LogP contribution in [-0.2, 0) is 31.1 Å². The number of aliphatic imine (C=N–C) groups is 1. The van der Waals surface area contributed by atoms with Crippen LogP contribution in [0.15, 0.2) is 105 Å². The van der Waals surface area contributed by atoms with Crippen molar-refractivity contribution < 1.29 is 31.0 Å². The van der Waals surface area contributed by atoms with Crippen molar-refractivity contribution in [2.45, 2.75) is 48.3 Å². The first-order chi connectivity index (χ1) is 20.5. The Morgan fingerprint density at radius 3 is 2.14 bits per heavy atom. The Kier molecular flexibility index (Phi) is 6.67. The maximum absolute atomic E-state index is 11.7. The molecule has 11 heteroatoms. The maximum Gasteiger partial charge on any atom is 0.294 e. The van der Waals surface area contributed by atoms with Gasteiger partial charge in [-0.2, -0.15) is 16.8 Å². The molecule has 0 bridgehead atoms. The van der Waals surface area contributed by atoms with Gasteiger partial charge in [-0.05, 0) is 69.8 Å². The summed E-state index contributed by atoms with van der Waals surface area (Å²) in [5.41, 5.74) is 4.13. The molecule has 0 fully saturated rings. The van der Waals surface area contributed by atoms with E-state index in [2.05, 4.69) is 19.2 Å². The number of benzene rings is 4. The second-order valence-corrected chi connectivity index (χ2v) is 14.9. The van der Waals surface area contributed by atoms with Gasteiger partial charge in [-0.1, -0.05) is 64.1 Å². The van der Waals surface area contributed by atoms with E-state index in [1.165, 1.54) is 18.2 Å². The van der Waals surface area contributed by atoms with Crippen molar-refractivity contribution >= 4 is 58.9 Å². The molecule has 4 aromatic rings. The number of nitrogens with zero attached hydrogens (tertiary/aromatic N) is 1. The fourth-order valence-electron chi connectivity index (χ4n) is 6.22. The molecule has 2 aliphatic rings. The van der Waals surface area contributed by atoms with Crippen molar-refractivity contribution in [1.29, 1.82) is 0 Å². The molecule has 0 saturated carbocycles. The summed E-state index contributed by atoms with van der Waals surface area (Å²) in [7, 11) is -8.78. The van der Waals surface area contributed by atoms with E-state index in [9.17, 15) is 31.0 Å². The van der Waals surface area contributed by atoms with Crippen molar-refractivity contribution in [2.75, 3.05) is 5.32 Å². The second-order valence-electron chi connectivity index (χ2n) is 12.0. The van der Waals surface area contributed by atoms with Gasteiger partial charge in [0.25, 0.3) is 20.2 Å². The summed E-state index contributed by atoms with van der Waals surface area (Å²) in [6, 6.07) is 14.1. The minimum Gasteiger partial charge on any atom is -0.507 e. The molecule has 9 nitrogen and oxygen atoms in total. The molecule has 0 aromatic heterocycles. The Labute approximate surface area is 255 Å². The van der Waals surface area contributed by atoms with Gasteiger partial charge in [0, 0.05) is 33.7 Å². The van der Waals surface area contributed by atoms with E-state index in [1.54, 1.807) is 18.2 Å². The molecule has 44 heavy (non-hydrogen) atoms. The summed E-state index contributed by atoms with van der Waals surface area (Å²) in [5.74, 6) is -0.228. The first-order valence-electron chi connectivity index (χ1n) is 13.7. The van der Waals surface area contributed by atoms with Crippen LogP contribution in [0.1, 0.15) is 38.8 Å². The van der Waals surface area contributed by atoms with Crippen LogP contribution >= 0.6 is 0 Å². The average Bonchev–Trinajstić information content (AvgIpc) is 3.35. The van der Waals surface area contributed by atoms with Gasteiger partial charge in [0.05, 0.1) is 21.2 Å². The zero-order chi connectivity index (χ0) is 31.8. The number of fused-ring (bicyclic) bond motifs is 6. The summed E-state index contributed by atoms with van der Waals surface area (Å²) in [5, 5.41) is 16.8. The third kappa shape index (κ3) is 4.82. The highest BCUT2D eigenvalue weighted by atomic mass is 32.2. The van der Waals surface area contributed by atoms with E-state index >= 15 is 0 Å². The summed E-state index contributed by atoms with van der Waals surface area (Å²) >= 11 is 0. The molecule has 2 aliphatic heterocycles. The number of phenolic OH excluding ortho intramolecular Hbond substituents is 1. The van der Waals surface area contributed by atoms with Crippen molar-refractivity contribution in [3.8, 4) is 5.75 Å². The van der Waals surface area contributed by atoms with Crippen LogP contribution in [0.4, 0.5) is 11.4 Å². The van der Waals surface area contributed by atoms with Crippen LogP contribution in [0, 0.1) is 0 Å². The van der Waals surface area contributed by atoms with Gasteiger partial charge in [0.2, 0.25) is 0 Å². The van der Waals surface area contributed by atoms with E-state index in [0.717, 1.165) is 45.4 Å². The fourth-order valence-corrected chi connectivity index (χ4v) is 7.27. The Morgan fingerprint density at radius 2 is 1.43 bits per heavy atom. The molecule has 0 unspecified atom stereocenters. The first-order valence-corrected chi connectivity index (χ1v) is 16.6. The predicted octanol–water partition coefficient (Wildman–Crippen LogP) is 6.96. The van der Waals surface area contributed by atoms with Gasteiger partial charge >= 0.3 is 0 Å². The molecule has 0 radical (unpaired) electrons. The van der Waals surface area contributed by atoms with E-state index in [-0.39, 0.29) is 15.5 Å². The molecule has 2 heterocycles. The zero-order valence-electron chi connectivity index (χ0n) is 24.3. The van der Waals surface area contributed by atoms with Gasteiger partial charge in [-0.25, -0.2) is 0 Å². The fraction of sp³-hybridized carbons (Fsp3) is 0.182. The standard InChI is InChI=1S/C33H30N2O7S2/c1-32(2)27(34-24-14-10-19-16-21(43(37,38)39)12-13-23(19)30(24)32)8-6-5-7-9-28-33(3,4)31-25(35-28)15-11-20-17-22(44(40,41)42)18-26(36)29(20)31/h5-18,35-36H,1-4H3,(H,37,38,39)(H,40,41,42)/b7-5+,8-6+,28-9+. The van der Waals surface area contributed by atoms with Gasteiger partial charge in [0.1, 0.15) is 5.75 Å². The largest absolute Gasteiger partial charge is 0.507 e. The molecule has 4 N–H and O–H groups in total. The van der Waals surface area contributed by atoms with Crippen LogP contribution in [-0.4, -0.2) is 36.8 Å². The van der Waals surface area contributed by atoms with Crippen molar-refractivity contribution in [2.24, 2.45) is 4.99 Å². The topological polar surface area (TPSA) is 153 Å². The van der Waals surface area contributed by atoms with E-state index < -0.39 is 31.1 Å². The van der Waals surface area contributed by atoms with Gasteiger partial charge in [0.15, 0.2) is 0 Å². The Hall–Kier alpha value is -4.29. The number of nitrogens with one attached hydrogen (secondary N) is 1. The minimum atomic E-state index is -4.47. The van der Waals surface area contributed by atoms with Crippen molar-refractivity contribution in [3.63, 3.8) is 0 Å². The lowest BCUT2D eigenvalue weighted by molar-refractivity contribution is 0.470. The zero-order valence-corrected chi connectivity index (χ0v) is 26.0. The molecule has 0 atom stereocenters. The van der Waals surface area contributed by atoms with Crippen LogP contribution in [0.5, 0.6) is 5.75 Å². The quantitative estimate of drug-likeness (QED) is 0.136. The Bertz CT molecular complexity index is 2260. The van der Waals surface area contributed by atoms with Gasteiger partial charge in [-0.15, -0.1) is 0 Å². The minimum absolute atomic E-state index is 0.152. The number of phenols is 1. The summed E-state index contributed by atoms with van der Waals surface area (Å²) < 4.78 is 65.5. The highest BCUT2D eigenvalue weighted by molar-refractivity contribution is 7.86. The third-order valence-corrected chi connectivity index (χ3v) is 10.1. The molecule has 4 aromatic carbocycles. The number of hydrogen-bond donors (Lipinski definition) is 4. The van der Waals surface area contributed by atoms with E-state index in [4.69, 9.17) is 4.99 Å². The summed E-state index contributed by atoms with van der Waals surface area (Å²) in [6.45, 7) is 8.13. The number of aromatic hydroxyl groups is 1. The van der Waals surface area contributed by atoms with Crippen molar-refractivity contribution in [1.82, 2.24) is 0 Å². The van der Waals surface area contributed by atoms with Gasteiger partial charge < -0.3 is 10.4 Å². The number of allylic oxidation sites excluding steroid dienone is 6. The summed E-state index contributed by atoms with van der Waals surface area (Å²) in [4.78, 5) is 4.31. The normalized spacial score (nSPS) is 18.3. The summed E-state index contributed by atoms with van der Waals surface area (Å²) in [6.07, 6.45) is 9.56. The van der Waals surface area contributed by atoms with Gasteiger partial charge in [-0.3, -0.25) is 14.1 Å². The molecule has 0 spiro atoms. The maximum atomic E-state index is 11.7. The lowest BCUT2D eigenvalue weighted by Crippen LogP contribution is -2.24. The molecular weight excluding hydrogens is 601 g/mol. The van der Waals surface area contributed by atoms with E-state index in [1.807, 2.05) is 56.4 Å². The first kappa shape index (κ1) is 29.8. The Morgan fingerprint density at radius 1 is 0.750 bits per heavy atom. The van der Waals surface area contributed by atoms with Crippen LogP contribution in [0.2, 0.25) is 0 Å². The highest BCUT2D eigenvalue weighted by Crippen LogP contribution is 2.49. The average molecular weight is 631 g/mol. The molecule has 0 aliphatic carbocycles. The monoisotopic (exact) mass is 630 g/mol. The van der Waals surface area contributed by atoms with Crippen LogP contribution in [0.3, 0.4) is 0 Å². The molecule has 226 valence electrons. The lowest BCUT2D eigenvalue weighted by Gasteiger charge is -2.22. The molecule has 6 rings (SSSR count). The highest BCUT2D eigenvalue weighted by Gasteiger charge is 2.37. The number of rotatable bonds is 5. The molecular formula is C33H30N2O7S2. The van der Waals surface area contributed by atoms with E-state index in [0.29, 0.717) is 16.2 Å². The predicted molar refractivity (Wildman–Crippen MR) is 172 cm³/mol. The number of anilines is 1. The smallest absolute Gasteiger partial charge is 0.294 e. The third-order valence-electron chi connectivity index (χ3n) is 8.45. The molecule has 0 amide bonds. The van der Waals surface area contributed by atoms with Crippen LogP contribution in [0.25, 0.3) is 21.5 Å². The van der Waals surface area contributed by atoms with Crippen molar-refractivity contribution in [3.05, 3.63) is 102 Å². The number of hydrogen-bond acceptors (Lipinski definition) is 7. The lowest BCUT2D eigenvalue weighted by atomic mass is 9.79. The molecule has 0 saturated heterocycles.